The smallest absolute Gasteiger partial charge is 0.326 e. The van der Waals surface area contributed by atoms with Crippen molar-refractivity contribution in [2.75, 3.05) is 11.9 Å². The summed E-state index contributed by atoms with van der Waals surface area (Å²) < 4.78 is 39.4. The van der Waals surface area contributed by atoms with E-state index in [4.69, 9.17) is 11.6 Å². The Morgan fingerprint density at radius 1 is 1.03 bits per heavy atom. The van der Waals surface area contributed by atoms with E-state index in [1.165, 1.54) is 11.0 Å². The predicted octanol–water partition coefficient (Wildman–Crippen LogP) is 5.40. The maximum absolute atomic E-state index is 13.1. The number of rotatable bonds is 4. The molecular weight excluding hydrogens is 445 g/mol. The van der Waals surface area contributed by atoms with Crippen molar-refractivity contribution < 1.29 is 27.6 Å². The molecule has 9 heteroatoms. The Labute approximate surface area is 187 Å². The lowest BCUT2D eigenvalue weighted by Crippen LogP contribution is -2.41. The number of nitrogens with zero attached hydrogens (tertiary/aromatic N) is 1. The standard InChI is InChI=1S/C23H20ClF3N2O3/c24-19-10-9-14(11-18(19)23(25,26)27)28-20(30)15-6-2-1-5-13(15)12-29-21(31)16-7-3-4-8-17(16)22(29)32/h3-4,7-11,13,15H,1-2,5-6,12H2,(H,28,30). The molecule has 2 aromatic rings. The topological polar surface area (TPSA) is 66.5 Å². The number of carbonyl (C=O) groups excluding carboxylic acids is 3. The number of halogens is 4. The highest BCUT2D eigenvalue weighted by Gasteiger charge is 2.40. The van der Waals surface area contributed by atoms with Crippen LogP contribution in [0.5, 0.6) is 0 Å². The van der Waals surface area contributed by atoms with Crippen LogP contribution in [0.2, 0.25) is 5.02 Å². The molecule has 0 bridgehead atoms. The summed E-state index contributed by atoms with van der Waals surface area (Å²) in [6.45, 7) is 0.0961. The third-order valence-corrected chi connectivity index (χ3v) is 6.41. The fourth-order valence-corrected chi connectivity index (χ4v) is 4.69. The second-order valence-electron chi connectivity index (χ2n) is 8.10. The fraction of sp³-hybridized carbons (Fsp3) is 0.348. The van der Waals surface area contributed by atoms with Crippen LogP contribution < -0.4 is 5.32 Å². The largest absolute Gasteiger partial charge is 0.417 e. The Balaban J connectivity index is 1.50. The summed E-state index contributed by atoms with van der Waals surface area (Å²) in [5.41, 5.74) is -0.342. The lowest BCUT2D eigenvalue weighted by molar-refractivity contribution is -0.137. The van der Waals surface area contributed by atoms with Gasteiger partial charge in [-0.05, 0) is 49.1 Å². The molecule has 0 saturated heterocycles. The molecule has 1 aliphatic heterocycles. The highest BCUT2D eigenvalue weighted by Crippen LogP contribution is 2.37. The third kappa shape index (κ3) is 4.24. The van der Waals surface area contributed by atoms with Crippen LogP contribution in [0, 0.1) is 11.8 Å². The van der Waals surface area contributed by atoms with Crippen molar-refractivity contribution in [1.29, 1.82) is 0 Å². The Morgan fingerprint density at radius 3 is 2.28 bits per heavy atom. The zero-order chi connectivity index (χ0) is 23.0. The number of fused-ring (bicyclic) bond motifs is 1. The molecule has 2 aliphatic rings. The zero-order valence-corrected chi connectivity index (χ0v) is 17.7. The number of imide groups is 1. The molecule has 1 fully saturated rings. The Morgan fingerprint density at radius 2 is 1.66 bits per heavy atom. The van der Waals surface area contributed by atoms with Crippen molar-refractivity contribution in [2.24, 2.45) is 11.8 Å². The first-order chi connectivity index (χ1) is 15.2. The first-order valence-corrected chi connectivity index (χ1v) is 10.7. The lowest BCUT2D eigenvalue weighted by Gasteiger charge is -2.32. The second-order valence-corrected chi connectivity index (χ2v) is 8.51. The number of amides is 3. The van der Waals surface area contributed by atoms with E-state index in [0.717, 1.165) is 25.0 Å². The van der Waals surface area contributed by atoms with Crippen molar-refractivity contribution in [3.8, 4) is 0 Å². The molecule has 2 atom stereocenters. The molecular formula is C23H20ClF3N2O3. The molecule has 3 amide bonds. The number of alkyl halides is 3. The monoisotopic (exact) mass is 464 g/mol. The molecule has 0 aromatic heterocycles. The number of anilines is 1. The summed E-state index contributed by atoms with van der Waals surface area (Å²) in [6, 6.07) is 9.78. The van der Waals surface area contributed by atoms with E-state index in [1.54, 1.807) is 24.3 Å². The molecule has 1 saturated carbocycles. The second kappa shape index (κ2) is 8.58. The maximum Gasteiger partial charge on any atom is 0.417 e. The molecule has 5 nitrogen and oxygen atoms in total. The van der Waals surface area contributed by atoms with Gasteiger partial charge in [-0.25, -0.2) is 0 Å². The van der Waals surface area contributed by atoms with Crippen LogP contribution in [0.4, 0.5) is 18.9 Å². The van der Waals surface area contributed by atoms with Gasteiger partial charge < -0.3 is 5.32 Å². The number of hydrogen-bond acceptors (Lipinski definition) is 3. The number of nitrogens with one attached hydrogen (secondary N) is 1. The van der Waals surface area contributed by atoms with Crippen LogP contribution >= 0.6 is 11.6 Å². The van der Waals surface area contributed by atoms with E-state index in [2.05, 4.69) is 5.32 Å². The highest BCUT2D eigenvalue weighted by molar-refractivity contribution is 6.31. The van der Waals surface area contributed by atoms with Crippen molar-refractivity contribution in [1.82, 2.24) is 4.90 Å². The van der Waals surface area contributed by atoms with Gasteiger partial charge in [0, 0.05) is 18.2 Å². The molecule has 2 unspecified atom stereocenters. The van der Waals surface area contributed by atoms with E-state index < -0.39 is 28.6 Å². The molecule has 2 aromatic carbocycles. The SMILES string of the molecule is O=C(Nc1ccc(Cl)c(C(F)(F)F)c1)C1CCCCC1CN1C(=O)c2ccccc2C1=O. The third-order valence-electron chi connectivity index (χ3n) is 6.08. The van der Waals surface area contributed by atoms with Crippen LogP contribution in [0.15, 0.2) is 42.5 Å². The lowest BCUT2D eigenvalue weighted by atomic mass is 9.78. The molecule has 168 valence electrons. The molecule has 32 heavy (non-hydrogen) atoms. The summed E-state index contributed by atoms with van der Waals surface area (Å²) in [5.74, 6) is -2.01. The zero-order valence-electron chi connectivity index (χ0n) is 16.9. The average Bonchev–Trinajstić information content (AvgIpc) is 3.00. The van der Waals surface area contributed by atoms with Crippen molar-refractivity contribution in [2.45, 2.75) is 31.9 Å². The molecule has 4 rings (SSSR count). The Hall–Kier alpha value is -2.87. The van der Waals surface area contributed by atoms with Gasteiger partial charge in [0.15, 0.2) is 0 Å². The summed E-state index contributed by atoms with van der Waals surface area (Å²) in [4.78, 5) is 39.5. The highest BCUT2D eigenvalue weighted by atomic mass is 35.5. The molecule has 1 N–H and O–H groups in total. The van der Waals surface area contributed by atoms with Crippen molar-refractivity contribution in [3.63, 3.8) is 0 Å². The van der Waals surface area contributed by atoms with E-state index in [0.29, 0.717) is 24.0 Å². The van der Waals surface area contributed by atoms with Crippen molar-refractivity contribution >= 4 is 35.0 Å². The summed E-state index contributed by atoms with van der Waals surface area (Å²) >= 11 is 5.65. The van der Waals surface area contributed by atoms with Crippen LogP contribution in [0.25, 0.3) is 0 Å². The minimum atomic E-state index is -4.64. The van der Waals surface area contributed by atoms with Gasteiger partial charge in [-0.3, -0.25) is 19.3 Å². The van der Waals surface area contributed by atoms with Gasteiger partial charge in [-0.1, -0.05) is 36.6 Å². The molecule has 1 aliphatic carbocycles. The minimum absolute atomic E-state index is 0.00298. The molecule has 1 heterocycles. The normalized spacial score (nSPS) is 20.9. The van der Waals surface area contributed by atoms with Gasteiger partial charge in [-0.15, -0.1) is 0 Å². The first kappa shape index (κ1) is 22.3. The number of carbonyl (C=O) groups is 3. The summed E-state index contributed by atoms with van der Waals surface area (Å²) in [5, 5.41) is 2.11. The summed E-state index contributed by atoms with van der Waals surface area (Å²) in [6.07, 6.45) is -1.85. The van der Waals surface area contributed by atoms with Gasteiger partial charge >= 0.3 is 6.18 Å². The Kier molecular flexibility index (Phi) is 5.99. The van der Waals surface area contributed by atoms with Gasteiger partial charge in [0.25, 0.3) is 11.8 Å². The van der Waals surface area contributed by atoms with Gasteiger partial charge in [0.05, 0.1) is 21.7 Å². The predicted molar refractivity (Wildman–Crippen MR) is 112 cm³/mol. The van der Waals surface area contributed by atoms with Crippen LogP contribution in [-0.4, -0.2) is 29.2 Å². The summed E-state index contributed by atoms with van der Waals surface area (Å²) in [7, 11) is 0. The van der Waals surface area contributed by atoms with E-state index >= 15 is 0 Å². The van der Waals surface area contributed by atoms with Gasteiger partial charge in [0.2, 0.25) is 5.91 Å². The van der Waals surface area contributed by atoms with Crippen LogP contribution in [-0.2, 0) is 11.0 Å². The average molecular weight is 465 g/mol. The fourth-order valence-electron chi connectivity index (χ4n) is 4.47. The number of benzene rings is 2. The minimum Gasteiger partial charge on any atom is -0.326 e. The first-order valence-electron chi connectivity index (χ1n) is 10.3. The molecule has 0 spiro atoms. The molecule has 0 radical (unpaired) electrons. The van der Waals surface area contributed by atoms with Crippen LogP contribution in [0.3, 0.4) is 0 Å². The van der Waals surface area contributed by atoms with E-state index in [9.17, 15) is 27.6 Å². The van der Waals surface area contributed by atoms with Gasteiger partial charge in [-0.2, -0.15) is 13.2 Å². The van der Waals surface area contributed by atoms with Gasteiger partial charge in [0.1, 0.15) is 0 Å². The van der Waals surface area contributed by atoms with E-state index in [-0.39, 0.29) is 30.0 Å². The number of hydrogen-bond donors (Lipinski definition) is 1. The quantitative estimate of drug-likeness (QED) is 0.616. The van der Waals surface area contributed by atoms with Crippen molar-refractivity contribution in [3.05, 3.63) is 64.2 Å². The Bertz CT molecular complexity index is 1050. The van der Waals surface area contributed by atoms with Crippen LogP contribution in [0.1, 0.15) is 52.0 Å². The van der Waals surface area contributed by atoms with E-state index in [1.807, 2.05) is 0 Å². The maximum atomic E-state index is 13.1.